The number of nitrogens with zero attached hydrogens (tertiary/aromatic N) is 1. The van der Waals surface area contributed by atoms with E-state index in [2.05, 4.69) is 72.9 Å². The predicted molar refractivity (Wildman–Crippen MR) is 90.6 cm³/mol. The number of hydrogen-bond acceptors (Lipinski definition) is 2. The fourth-order valence-electron chi connectivity index (χ4n) is 2.36. The minimum atomic E-state index is -0.0144. The van der Waals surface area contributed by atoms with Gasteiger partial charge in [0.15, 0.2) is 0 Å². The van der Waals surface area contributed by atoms with Crippen LogP contribution in [0.15, 0.2) is 45.5 Å². The lowest BCUT2D eigenvalue weighted by molar-refractivity contribution is 0.544. The number of fused-ring (bicyclic) bond motifs is 1. The zero-order chi connectivity index (χ0) is 15.2. The molecule has 0 atom stereocenters. The van der Waals surface area contributed by atoms with Crippen molar-refractivity contribution < 1.29 is 4.42 Å². The maximum Gasteiger partial charge on any atom is 0.226 e. The molecule has 2 nitrogen and oxygen atoms in total. The monoisotopic (exact) mass is 343 g/mol. The zero-order valence-corrected chi connectivity index (χ0v) is 14.3. The van der Waals surface area contributed by atoms with Crippen LogP contribution >= 0.6 is 15.9 Å². The molecule has 108 valence electrons. The standard InChI is InChI=1S/C18H18BrNO/c1-11-8-9-12-6-5-7-13(15(12)16(11)19)17-20-14(10-21-17)18(2,3)4/h5-10H,1-4H3. The SMILES string of the molecule is Cc1ccc2cccc(-c3nc(C(C)(C)C)co3)c2c1Br. The van der Waals surface area contributed by atoms with Crippen LogP contribution in [0.4, 0.5) is 0 Å². The Hall–Kier alpha value is -1.61. The van der Waals surface area contributed by atoms with Crippen LogP contribution in [-0.2, 0) is 5.41 Å². The maximum atomic E-state index is 5.75. The Morgan fingerprint density at radius 1 is 1.10 bits per heavy atom. The lowest BCUT2D eigenvalue weighted by Gasteiger charge is -2.13. The molecule has 0 aliphatic carbocycles. The average Bonchev–Trinajstić information content (AvgIpc) is 2.92. The van der Waals surface area contributed by atoms with Gasteiger partial charge in [-0.1, -0.05) is 45.0 Å². The van der Waals surface area contributed by atoms with E-state index in [1.165, 1.54) is 10.9 Å². The summed E-state index contributed by atoms with van der Waals surface area (Å²) in [5.74, 6) is 0.678. The molecule has 0 aliphatic rings. The highest BCUT2D eigenvalue weighted by Crippen LogP contribution is 2.36. The van der Waals surface area contributed by atoms with Gasteiger partial charge in [0, 0.05) is 20.8 Å². The first-order valence-corrected chi connectivity index (χ1v) is 7.81. The second-order valence-electron chi connectivity index (χ2n) is 6.39. The van der Waals surface area contributed by atoms with E-state index in [0.717, 1.165) is 21.1 Å². The van der Waals surface area contributed by atoms with E-state index in [-0.39, 0.29) is 5.41 Å². The highest BCUT2D eigenvalue weighted by molar-refractivity contribution is 9.10. The summed E-state index contributed by atoms with van der Waals surface area (Å²) < 4.78 is 6.85. The number of oxazole rings is 1. The van der Waals surface area contributed by atoms with Gasteiger partial charge in [-0.3, -0.25) is 0 Å². The molecule has 0 saturated heterocycles. The largest absolute Gasteiger partial charge is 0.444 e. The van der Waals surface area contributed by atoms with E-state index in [1.54, 1.807) is 6.26 Å². The molecular weight excluding hydrogens is 326 g/mol. The minimum absolute atomic E-state index is 0.0144. The van der Waals surface area contributed by atoms with Crippen LogP contribution in [-0.4, -0.2) is 4.98 Å². The summed E-state index contributed by atoms with van der Waals surface area (Å²) in [7, 11) is 0. The lowest BCUT2D eigenvalue weighted by atomic mass is 9.93. The molecule has 0 spiro atoms. The van der Waals surface area contributed by atoms with E-state index >= 15 is 0 Å². The van der Waals surface area contributed by atoms with Crippen LogP contribution in [0.5, 0.6) is 0 Å². The normalized spacial score (nSPS) is 12.0. The third-order valence-corrected chi connectivity index (χ3v) is 4.70. The minimum Gasteiger partial charge on any atom is -0.444 e. The molecule has 1 aromatic heterocycles. The van der Waals surface area contributed by atoms with Crippen molar-refractivity contribution in [1.82, 2.24) is 4.98 Å². The van der Waals surface area contributed by atoms with E-state index in [4.69, 9.17) is 4.42 Å². The van der Waals surface area contributed by atoms with E-state index in [1.807, 2.05) is 6.07 Å². The Bertz CT molecular complexity index is 812. The molecule has 1 heterocycles. The second kappa shape index (κ2) is 4.99. The van der Waals surface area contributed by atoms with Gasteiger partial charge in [0.1, 0.15) is 6.26 Å². The maximum absolute atomic E-state index is 5.75. The number of aromatic nitrogens is 1. The number of aryl methyl sites for hydroxylation is 1. The first-order chi connectivity index (χ1) is 9.88. The first kappa shape index (κ1) is 14.3. The van der Waals surface area contributed by atoms with Gasteiger partial charge in [-0.25, -0.2) is 4.98 Å². The van der Waals surface area contributed by atoms with Gasteiger partial charge in [-0.05, 0) is 39.9 Å². The molecule has 0 aliphatic heterocycles. The van der Waals surface area contributed by atoms with Crippen LogP contribution in [0.1, 0.15) is 32.0 Å². The molecule has 0 radical (unpaired) electrons. The van der Waals surface area contributed by atoms with Crippen LogP contribution in [0.3, 0.4) is 0 Å². The van der Waals surface area contributed by atoms with Crippen LogP contribution in [0.25, 0.3) is 22.2 Å². The predicted octanol–water partition coefficient (Wildman–Crippen LogP) is 5.86. The highest BCUT2D eigenvalue weighted by Gasteiger charge is 2.20. The van der Waals surface area contributed by atoms with Gasteiger partial charge >= 0.3 is 0 Å². The van der Waals surface area contributed by atoms with Crippen molar-refractivity contribution in [3.63, 3.8) is 0 Å². The quantitative estimate of drug-likeness (QED) is 0.552. The summed E-state index contributed by atoms with van der Waals surface area (Å²) >= 11 is 3.71. The topological polar surface area (TPSA) is 26.0 Å². The molecule has 0 N–H and O–H groups in total. The Labute approximate surface area is 133 Å². The fraction of sp³-hybridized carbons (Fsp3) is 0.278. The smallest absolute Gasteiger partial charge is 0.226 e. The van der Waals surface area contributed by atoms with Gasteiger partial charge in [0.25, 0.3) is 0 Å². The molecule has 3 rings (SSSR count). The Morgan fingerprint density at radius 3 is 2.52 bits per heavy atom. The number of rotatable bonds is 1. The Kier molecular flexibility index (Phi) is 3.40. The third kappa shape index (κ3) is 2.51. The summed E-state index contributed by atoms with van der Waals surface area (Å²) in [6.07, 6.45) is 1.76. The van der Waals surface area contributed by atoms with Gasteiger partial charge in [-0.15, -0.1) is 0 Å². The molecule has 0 unspecified atom stereocenters. The van der Waals surface area contributed by atoms with Crippen LogP contribution in [0.2, 0.25) is 0 Å². The summed E-state index contributed by atoms with van der Waals surface area (Å²) in [6.45, 7) is 8.50. The van der Waals surface area contributed by atoms with Crippen molar-refractivity contribution >= 4 is 26.7 Å². The van der Waals surface area contributed by atoms with Crippen molar-refractivity contribution in [2.45, 2.75) is 33.1 Å². The van der Waals surface area contributed by atoms with Crippen molar-refractivity contribution in [2.75, 3.05) is 0 Å². The highest BCUT2D eigenvalue weighted by atomic mass is 79.9. The second-order valence-corrected chi connectivity index (χ2v) is 7.18. The van der Waals surface area contributed by atoms with E-state index in [0.29, 0.717) is 5.89 Å². The summed E-state index contributed by atoms with van der Waals surface area (Å²) in [6, 6.07) is 10.5. The van der Waals surface area contributed by atoms with Gasteiger partial charge in [-0.2, -0.15) is 0 Å². The Balaban J connectivity index is 2.26. The fourth-order valence-corrected chi connectivity index (χ4v) is 2.93. The van der Waals surface area contributed by atoms with Crippen molar-refractivity contribution in [3.05, 3.63) is 52.3 Å². The molecule has 0 amide bonds. The molecule has 0 fully saturated rings. The number of halogens is 1. The summed E-state index contributed by atoms with van der Waals surface area (Å²) in [5.41, 5.74) is 3.19. The van der Waals surface area contributed by atoms with E-state index in [9.17, 15) is 0 Å². The van der Waals surface area contributed by atoms with Crippen molar-refractivity contribution in [2.24, 2.45) is 0 Å². The summed E-state index contributed by atoms with van der Waals surface area (Å²) in [4.78, 5) is 4.69. The van der Waals surface area contributed by atoms with Crippen LogP contribution in [0, 0.1) is 6.92 Å². The van der Waals surface area contributed by atoms with E-state index < -0.39 is 0 Å². The lowest BCUT2D eigenvalue weighted by Crippen LogP contribution is -2.11. The first-order valence-electron chi connectivity index (χ1n) is 7.02. The molecular formula is C18H18BrNO. The number of hydrogen-bond donors (Lipinski definition) is 0. The van der Waals surface area contributed by atoms with Crippen molar-refractivity contribution in [3.8, 4) is 11.5 Å². The summed E-state index contributed by atoms with van der Waals surface area (Å²) in [5, 5.41) is 2.33. The molecule has 21 heavy (non-hydrogen) atoms. The van der Waals surface area contributed by atoms with Crippen molar-refractivity contribution in [1.29, 1.82) is 0 Å². The molecule has 3 heteroatoms. The van der Waals surface area contributed by atoms with Gasteiger partial charge in [0.05, 0.1) is 5.69 Å². The number of benzene rings is 2. The third-order valence-electron chi connectivity index (χ3n) is 3.68. The van der Waals surface area contributed by atoms with Gasteiger partial charge < -0.3 is 4.42 Å². The zero-order valence-electron chi connectivity index (χ0n) is 12.7. The Morgan fingerprint density at radius 2 is 1.86 bits per heavy atom. The average molecular weight is 344 g/mol. The molecule has 3 aromatic rings. The molecule has 0 bridgehead atoms. The molecule has 0 saturated carbocycles. The van der Waals surface area contributed by atoms with Crippen LogP contribution < -0.4 is 0 Å². The van der Waals surface area contributed by atoms with Gasteiger partial charge in [0.2, 0.25) is 5.89 Å². The molecule has 2 aromatic carbocycles.